The molecule has 1 aromatic rings. The fourth-order valence-corrected chi connectivity index (χ4v) is 2.07. The molecule has 2 rings (SSSR count). The van der Waals surface area contributed by atoms with Crippen LogP contribution in [0.15, 0.2) is 18.2 Å². The predicted octanol–water partition coefficient (Wildman–Crippen LogP) is 3.17. The molecule has 1 aliphatic carbocycles. The van der Waals surface area contributed by atoms with Crippen LogP contribution in [0.1, 0.15) is 36.1 Å². The fourth-order valence-electron chi connectivity index (χ4n) is 2.07. The molecule has 1 aliphatic rings. The molecule has 1 aromatic carbocycles. The Balaban J connectivity index is 0.00000112. The number of hydrogen-bond acceptors (Lipinski definition) is 1. The normalized spacial score (nSPS) is 19.2. The minimum absolute atomic E-state index is 0. The highest BCUT2D eigenvalue weighted by molar-refractivity contribution is 5.85. The van der Waals surface area contributed by atoms with E-state index in [2.05, 4.69) is 0 Å². The first-order valence-corrected chi connectivity index (χ1v) is 4.78. The van der Waals surface area contributed by atoms with E-state index in [-0.39, 0.29) is 30.4 Å². The molecule has 84 valence electrons. The number of halogens is 3. The Morgan fingerprint density at radius 2 is 2.07 bits per heavy atom. The fraction of sp³-hybridized carbons (Fsp3) is 0.455. The quantitative estimate of drug-likeness (QED) is 0.792. The summed E-state index contributed by atoms with van der Waals surface area (Å²) in [6, 6.07) is 4.84. The van der Waals surface area contributed by atoms with Gasteiger partial charge in [-0.15, -0.1) is 12.4 Å². The van der Waals surface area contributed by atoms with Crippen molar-refractivity contribution in [3.8, 4) is 0 Å². The summed E-state index contributed by atoms with van der Waals surface area (Å²) in [6.07, 6.45) is 0.367. The molecule has 0 amide bonds. The lowest BCUT2D eigenvalue weighted by molar-refractivity contribution is -0.00184. The van der Waals surface area contributed by atoms with E-state index in [1.54, 1.807) is 6.07 Å². The number of nitrogens with two attached hydrogens (primary N) is 1. The van der Waals surface area contributed by atoms with Gasteiger partial charge in [-0.3, -0.25) is 0 Å². The molecule has 2 N–H and O–H groups in total. The van der Waals surface area contributed by atoms with E-state index in [4.69, 9.17) is 5.73 Å². The van der Waals surface area contributed by atoms with Crippen LogP contribution in [0.5, 0.6) is 0 Å². The SMILES string of the molecule is CC(N)c1cccc2c1CCC2(F)F.Cl. The van der Waals surface area contributed by atoms with Gasteiger partial charge in [-0.1, -0.05) is 18.2 Å². The van der Waals surface area contributed by atoms with E-state index < -0.39 is 5.92 Å². The lowest BCUT2D eigenvalue weighted by atomic mass is 9.98. The Morgan fingerprint density at radius 1 is 1.40 bits per heavy atom. The number of alkyl halides is 2. The van der Waals surface area contributed by atoms with Crippen molar-refractivity contribution in [3.05, 3.63) is 34.9 Å². The van der Waals surface area contributed by atoms with Gasteiger partial charge in [0.05, 0.1) is 0 Å². The van der Waals surface area contributed by atoms with Crippen LogP contribution in [0.25, 0.3) is 0 Å². The first kappa shape index (κ1) is 12.4. The van der Waals surface area contributed by atoms with Crippen LogP contribution in [0, 0.1) is 0 Å². The molecule has 15 heavy (non-hydrogen) atoms. The molecule has 0 bridgehead atoms. The molecule has 0 saturated carbocycles. The zero-order valence-electron chi connectivity index (χ0n) is 8.47. The van der Waals surface area contributed by atoms with E-state index in [1.165, 1.54) is 6.07 Å². The molecule has 0 fully saturated rings. The third-order valence-corrected chi connectivity index (χ3v) is 2.79. The third kappa shape index (κ3) is 1.99. The summed E-state index contributed by atoms with van der Waals surface area (Å²) in [5.41, 5.74) is 7.52. The molecule has 0 aliphatic heterocycles. The summed E-state index contributed by atoms with van der Waals surface area (Å²) in [5.74, 6) is -2.65. The number of hydrogen-bond donors (Lipinski definition) is 1. The summed E-state index contributed by atoms with van der Waals surface area (Å²) >= 11 is 0. The molecule has 1 unspecified atom stereocenters. The summed E-state index contributed by atoms with van der Waals surface area (Å²) in [7, 11) is 0. The van der Waals surface area contributed by atoms with Crippen molar-refractivity contribution in [2.24, 2.45) is 5.73 Å². The van der Waals surface area contributed by atoms with Crippen molar-refractivity contribution in [3.63, 3.8) is 0 Å². The molecule has 0 radical (unpaired) electrons. The maximum absolute atomic E-state index is 13.3. The maximum Gasteiger partial charge on any atom is 0.273 e. The maximum atomic E-state index is 13.3. The van der Waals surface area contributed by atoms with Crippen molar-refractivity contribution < 1.29 is 8.78 Å². The zero-order chi connectivity index (χ0) is 10.3. The predicted molar refractivity (Wildman–Crippen MR) is 58.5 cm³/mol. The molecule has 0 aromatic heterocycles. The molecular weight excluding hydrogens is 220 g/mol. The van der Waals surface area contributed by atoms with Gasteiger partial charge in [0, 0.05) is 18.0 Å². The van der Waals surface area contributed by atoms with Crippen LogP contribution in [0.4, 0.5) is 8.78 Å². The lowest BCUT2D eigenvalue weighted by Gasteiger charge is -2.13. The monoisotopic (exact) mass is 233 g/mol. The van der Waals surface area contributed by atoms with Crippen LogP contribution < -0.4 is 5.73 Å². The van der Waals surface area contributed by atoms with Gasteiger partial charge < -0.3 is 5.73 Å². The highest BCUT2D eigenvalue weighted by atomic mass is 35.5. The highest BCUT2D eigenvalue weighted by Gasteiger charge is 2.39. The second-order valence-electron chi connectivity index (χ2n) is 3.87. The summed E-state index contributed by atoms with van der Waals surface area (Å²) in [6.45, 7) is 1.83. The molecule has 1 atom stereocenters. The van der Waals surface area contributed by atoms with E-state index in [0.29, 0.717) is 6.42 Å². The van der Waals surface area contributed by atoms with E-state index in [9.17, 15) is 8.78 Å². The molecule has 0 heterocycles. The minimum atomic E-state index is -2.65. The molecule has 0 saturated heterocycles. The summed E-state index contributed by atoms with van der Waals surface area (Å²) < 4.78 is 26.7. The van der Waals surface area contributed by atoms with Crippen molar-refractivity contribution in [2.75, 3.05) is 0 Å². The Bertz CT molecular complexity index is 364. The van der Waals surface area contributed by atoms with Crippen molar-refractivity contribution >= 4 is 12.4 Å². The zero-order valence-corrected chi connectivity index (χ0v) is 9.28. The van der Waals surface area contributed by atoms with E-state index in [1.807, 2.05) is 13.0 Å². The van der Waals surface area contributed by atoms with Gasteiger partial charge in [0.25, 0.3) is 5.92 Å². The standard InChI is InChI=1S/C11H13F2N.ClH/c1-7(14)8-3-2-4-10-9(8)5-6-11(10,12)13;/h2-4,7H,5-6,14H2,1H3;1H. The van der Waals surface area contributed by atoms with Gasteiger partial charge in [-0.05, 0) is 24.5 Å². The van der Waals surface area contributed by atoms with Gasteiger partial charge in [0.15, 0.2) is 0 Å². The minimum Gasteiger partial charge on any atom is -0.324 e. The third-order valence-electron chi connectivity index (χ3n) is 2.79. The van der Waals surface area contributed by atoms with Gasteiger partial charge in [-0.2, -0.15) is 0 Å². The Morgan fingerprint density at radius 3 is 2.67 bits per heavy atom. The largest absolute Gasteiger partial charge is 0.324 e. The molecule has 0 spiro atoms. The van der Waals surface area contributed by atoms with Crippen LogP contribution >= 0.6 is 12.4 Å². The van der Waals surface area contributed by atoms with Gasteiger partial charge in [0.2, 0.25) is 0 Å². The van der Waals surface area contributed by atoms with Crippen LogP contribution in [-0.4, -0.2) is 0 Å². The van der Waals surface area contributed by atoms with Gasteiger partial charge in [-0.25, -0.2) is 8.78 Å². The smallest absolute Gasteiger partial charge is 0.273 e. The van der Waals surface area contributed by atoms with Crippen molar-refractivity contribution in [1.29, 1.82) is 0 Å². The topological polar surface area (TPSA) is 26.0 Å². The summed E-state index contributed by atoms with van der Waals surface area (Å²) in [5, 5.41) is 0. The highest BCUT2D eigenvalue weighted by Crippen LogP contribution is 2.43. The number of fused-ring (bicyclic) bond motifs is 1. The van der Waals surface area contributed by atoms with Crippen molar-refractivity contribution in [2.45, 2.75) is 31.7 Å². The van der Waals surface area contributed by atoms with E-state index in [0.717, 1.165) is 11.1 Å². The Labute approximate surface area is 94.1 Å². The average Bonchev–Trinajstić information content (AvgIpc) is 2.42. The van der Waals surface area contributed by atoms with Crippen LogP contribution in [0.2, 0.25) is 0 Å². The Hall–Kier alpha value is -0.670. The van der Waals surface area contributed by atoms with Crippen LogP contribution in [0.3, 0.4) is 0 Å². The second kappa shape index (κ2) is 4.06. The second-order valence-corrected chi connectivity index (χ2v) is 3.87. The first-order chi connectivity index (χ1) is 6.52. The first-order valence-electron chi connectivity index (χ1n) is 4.78. The van der Waals surface area contributed by atoms with Crippen molar-refractivity contribution in [1.82, 2.24) is 0 Å². The van der Waals surface area contributed by atoms with Gasteiger partial charge in [0.1, 0.15) is 0 Å². The average molecular weight is 234 g/mol. The van der Waals surface area contributed by atoms with E-state index >= 15 is 0 Å². The lowest BCUT2D eigenvalue weighted by Crippen LogP contribution is -2.10. The number of rotatable bonds is 1. The Kier molecular flexibility index (Phi) is 3.36. The van der Waals surface area contributed by atoms with Crippen LogP contribution in [-0.2, 0) is 12.3 Å². The number of benzene rings is 1. The summed E-state index contributed by atoms with van der Waals surface area (Å²) in [4.78, 5) is 0. The molecular formula is C11H14ClF2N. The molecule has 4 heteroatoms. The molecule has 1 nitrogen and oxygen atoms in total. The van der Waals surface area contributed by atoms with Gasteiger partial charge >= 0.3 is 0 Å².